The lowest BCUT2D eigenvalue weighted by Crippen LogP contribution is -2.43. The van der Waals surface area contributed by atoms with Crippen molar-refractivity contribution in [1.82, 2.24) is 9.62 Å². The van der Waals surface area contributed by atoms with Crippen molar-refractivity contribution in [2.75, 3.05) is 38.6 Å². The highest BCUT2D eigenvalue weighted by molar-refractivity contribution is 7.89. The van der Waals surface area contributed by atoms with Gasteiger partial charge in [-0.05, 0) is 12.1 Å². The highest BCUT2D eigenvalue weighted by atomic mass is 32.2. The fourth-order valence-corrected chi connectivity index (χ4v) is 3.44. The smallest absolute Gasteiger partial charge is 0.215 e. The van der Waals surface area contributed by atoms with Crippen molar-refractivity contribution in [3.63, 3.8) is 0 Å². The number of aryl methyl sites for hydroxylation is 1. The van der Waals surface area contributed by atoms with Crippen LogP contribution in [0.25, 0.3) is 0 Å². The summed E-state index contributed by atoms with van der Waals surface area (Å²) in [6.07, 6.45) is 0.866. The molecule has 114 valence electrons. The van der Waals surface area contributed by atoms with Gasteiger partial charge in [-0.3, -0.25) is 0 Å². The zero-order chi connectivity index (χ0) is 14.4. The van der Waals surface area contributed by atoms with Crippen LogP contribution in [0.2, 0.25) is 0 Å². The van der Waals surface area contributed by atoms with E-state index in [0.717, 1.165) is 17.9 Å². The molecule has 0 unspecified atom stereocenters. The summed E-state index contributed by atoms with van der Waals surface area (Å²) in [6, 6.07) is 3.86. The number of sulfonamides is 1. The van der Waals surface area contributed by atoms with E-state index >= 15 is 0 Å². The van der Waals surface area contributed by atoms with Crippen LogP contribution in [-0.2, 0) is 27.7 Å². The van der Waals surface area contributed by atoms with Gasteiger partial charge in [0.05, 0.1) is 25.5 Å². The molecule has 1 aliphatic heterocycles. The Labute approximate surface area is 120 Å². The SMILES string of the molecule is CCc1ccc(CNCCS(=O)(=O)N2CCOCC2)o1. The summed E-state index contributed by atoms with van der Waals surface area (Å²) in [5, 5.41) is 3.10. The van der Waals surface area contributed by atoms with Gasteiger partial charge in [0, 0.05) is 26.1 Å². The van der Waals surface area contributed by atoms with Crippen molar-refractivity contribution < 1.29 is 17.6 Å². The molecule has 0 aliphatic carbocycles. The van der Waals surface area contributed by atoms with E-state index in [-0.39, 0.29) is 5.75 Å². The van der Waals surface area contributed by atoms with Crippen LogP contribution in [0.4, 0.5) is 0 Å². The predicted octanol–water partition coefficient (Wildman–Crippen LogP) is 0.594. The minimum atomic E-state index is -3.18. The molecular weight excluding hydrogens is 280 g/mol. The average Bonchev–Trinajstić information content (AvgIpc) is 2.93. The van der Waals surface area contributed by atoms with Gasteiger partial charge in [0.2, 0.25) is 10.0 Å². The van der Waals surface area contributed by atoms with E-state index in [1.807, 2.05) is 19.1 Å². The molecule has 0 amide bonds. The lowest BCUT2D eigenvalue weighted by atomic mass is 10.3. The lowest BCUT2D eigenvalue weighted by molar-refractivity contribution is 0.0730. The number of nitrogens with one attached hydrogen (secondary N) is 1. The maximum Gasteiger partial charge on any atom is 0.215 e. The highest BCUT2D eigenvalue weighted by Gasteiger charge is 2.23. The highest BCUT2D eigenvalue weighted by Crippen LogP contribution is 2.08. The molecule has 6 nitrogen and oxygen atoms in total. The third-order valence-electron chi connectivity index (χ3n) is 3.27. The molecule has 0 atom stereocenters. The molecular formula is C13H22N2O4S. The van der Waals surface area contributed by atoms with E-state index in [0.29, 0.717) is 39.4 Å². The summed E-state index contributed by atoms with van der Waals surface area (Å²) >= 11 is 0. The van der Waals surface area contributed by atoms with Gasteiger partial charge in [0.15, 0.2) is 0 Å². The fraction of sp³-hybridized carbons (Fsp3) is 0.692. The molecule has 1 fully saturated rings. The Morgan fingerprint density at radius 1 is 1.25 bits per heavy atom. The van der Waals surface area contributed by atoms with Crippen molar-refractivity contribution >= 4 is 10.0 Å². The van der Waals surface area contributed by atoms with E-state index in [4.69, 9.17) is 9.15 Å². The second kappa shape index (κ2) is 7.21. The van der Waals surface area contributed by atoms with Crippen molar-refractivity contribution in [2.24, 2.45) is 0 Å². The van der Waals surface area contributed by atoms with Gasteiger partial charge in [-0.1, -0.05) is 6.92 Å². The summed E-state index contributed by atoms with van der Waals surface area (Å²) in [4.78, 5) is 0. The van der Waals surface area contributed by atoms with Crippen molar-refractivity contribution in [3.05, 3.63) is 23.7 Å². The maximum absolute atomic E-state index is 12.1. The Hall–Kier alpha value is -0.890. The number of rotatable bonds is 7. The molecule has 2 rings (SSSR count). The fourth-order valence-electron chi connectivity index (χ4n) is 2.07. The van der Waals surface area contributed by atoms with Gasteiger partial charge in [-0.2, -0.15) is 4.31 Å². The topological polar surface area (TPSA) is 71.8 Å². The van der Waals surface area contributed by atoms with Gasteiger partial charge in [-0.25, -0.2) is 8.42 Å². The molecule has 20 heavy (non-hydrogen) atoms. The second-order valence-electron chi connectivity index (χ2n) is 4.73. The van der Waals surface area contributed by atoms with Gasteiger partial charge >= 0.3 is 0 Å². The summed E-state index contributed by atoms with van der Waals surface area (Å²) in [7, 11) is -3.18. The molecule has 1 saturated heterocycles. The first kappa shape index (κ1) is 15.5. The number of hydrogen-bond acceptors (Lipinski definition) is 5. The zero-order valence-electron chi connectivity index (χ0n) is 11.8. The number of ether oxygens (including phenoxy) is 1. The van der Waals surface area contributed by atoms with Gasteiger partial charge in [0.25, 0.3) is 0 Å². The van der Waals surface area contributed by atoms with Crippen molar-refractivity contribution in [1.29, 1.82) is 0 Å². The van der Waals surface area contributed by atoms with E-state index in [2.05, 4.69) is 5.32 Å². The molecule has 2 heterocycles. The Bertz CT molecular complexity index is 506. The summed E-state index contributed by atoms with van der Waals surface area (Å²) in [5.41, 5.74) is 0. The van der Waals surface area contributed by atoms with Crippen LogP contribution in [-0.4, -0.2) is 51.3 Å². The Morgan fingerprint density at radius 2 is 1.95 bits per heavy atom. The molecule has 7 heteroatoms. The second-order valence-corrected chi connectivity index (χ2v) is 6.81. The first-order chi connectivity index (χ1) is 9.62. The molecule has 0 bridgehead atoms. The van der Waals surface area contributed by atoms with Crippen LogP contribution in [0.15, 0.2) is 16.5 Å². The van der Waals surface area contributed by atoms with E-state index in [1.54, 1.807) is 0 Å². The third-order valence-corrected chi connectivity index (χ3v) is 5.14. The van der Waals surface area contributed by atoms with E-state index < -0.39 is 10.0 Å². The van der Waals surface area contributed by atoms with Crippen LogP contribution < -0.4 is 5.32 Å². The number of hydrogen-bond donors (Lipinski definition) is 1. The predicted molar refractivity (Wildman–Crippen MR) is 76.0 cm³/mol. The van der Waals surface area contributed by atoms with Crippen LogP contribution in [0.5, 0.6) is 0 Å². The van der Waals surface area contributed by atoms with Crippen LogP contribution >= 0.6 is 0 Å². The molecule has 0 saturated carbocycles. The molecule has 0 radical (unpaired) electrons. The molecule has 1 aromatic heterocycles. The van der Waals surface area contributed by atoms with Crippen LogP contribution in [0, 0.1) is 0 Å². The largest absolute Gasteiger partial charge is 0.465 e. The quantitative estimate of drug-likeness (QED) is 0.747. The third kappa shape index (κ3) is 4.31. The first-order valence-corrected chi connectivity index (χ1v) is 8.56. The minimum Gasteiger partial charge on any atom is -0.465 e. The normalized spacial score (nSPS) is 17.4. The average molecular weight is 302 g/mol. The standard InChI is InChI=1S/C13H22N2O4S/c1-2-12-3-4-13(19-12)11-14-5-10-20(16,17)15-6-8-18-9-7-15/h3-4,14H,2,5-11H2,1H3. The lowest BCUT2D eigenvalue weighted by Gasteiger charge is -2.26. The van der Waals surface area contributed by atoms with Crippen LogP contribution in [0.1, 0.15) is 18.4 Å². The van der Waals surface area contributed by atoms with Gasteiger partial charge in [-0.15, -0.1) is 0 Å². The number of nitrogens with zero attached hydrogens (tertiary/aromatic N) is 1. The summed E-state index contributed by atoms with van der Waals surface area (Å²) < 4.78 is 36.3. The van der Waals surface area contributed by atoms with Crippen LogP contribution in [0.3, 0.4) is 0 Å². The Morgan fingerprint density at radius 3 is 2.60 bits per heavy atom. The van der Waals surface area contributed by atoms with Gasteiger partial charge < -0.3 is 14.5 Å². The molecule has 1 N–H and O–H groups in total. The first-order valence-electron chi connectivity index (χ1n) is 6.95. The molecule has 0 spiro atoms. The zero-order valence-corrected chi connectivity index (χ0v) is 12.6. The molecule has 0 aromatic carbocycles. The molecule has 1 aliphatic rings. The Balaban J connectivity index is 1.71. The van der Waals surface area contributed by atoms with E-state index in [1.165, 1.54) is 4.31 Å². The number of morpholine rings is 1. The molecule has 1 aromatic rings. The van der Waals surface area contributed by atoms with Crippen molar-refractivity contribution in [3.8, 4) is 0 Å². The summed E-state index contributed by atoms with van der Waals surface area (Å²) in [5.74, 6) is 1.89. The maximum atomic E-state index is 12.1. The van der Waals surface area contributed by atoms with Crippen molar-refractivity contribution in [2.45, 2.75) is 19.9 Å². The Kier molecular flexibility index (Phi) is 5.59. The summed E-state index contributed by atoms with van der Waals surface area (Å²) in [6.45, 7) is 4.89. The minimum absolute atomic E-state index is 0.105. The van der Waals surface area contributed by atoms with Gasteiger partial charge in [0.1, 0.15) is 11.5 Å². The van der Waals surface area contributed by atoms with E-state index in [9.17, 15) is 8.42 Å². The number of furan rings is 1. The monoisotopic (exact) mass is 302 g/mol.